The van der Waals surface area contributed by atoms with E-state index >= 15 is 0 Å². The van der Waals surface area contributed by atoms with Gasteiger partial charge >= 0.3 is 0 Å². The van der Waals surface area contributed by atoms with E-state index in [0.29, 0.717) is 49.8 Å². The molecule has 2 heterocycles. The van der Waals surface area contributed by atoms with Crippen molar-refractivity contribution in [3.8, 4) is 11.8 Å². The smallest absolute Gasteiger partial charge is 0.246 e. The van der Waals surface area contributed by atoms with Crippen LogP contribution in [-0.4, -0.2) is 48.6 Å². The Kier molecular flexibility index (Phi) is 7.18. The number of piperazine rings is 1. The van der Waals surface area contributed by atoms with Crippen molar-refractivity contribution in [2.45, 2.75) is 13.0 Å². The molecule has 2 aromatic carbocycles. The van der Waals surface area contributed by atoms with Crippen LogP contribution in [0.5, 0.6) is 5.75 Å². The van der Waals surface area contributed by atoms with Crippen molar-refractivity contribution in [3.63, 3.8) is 0 Å². The van der Waals surface area contributed by atoms with Crippen LogP contribution in [0.15, 0.2) is 72.9 Å². The molecule has 33 heavy (non-hydrogen) atoms. The van der Waals surface area contributed by atoms with E-state index < -0.39 is 6.04 Å². The van der Waals surface area contributed by atoms with Gasteiger partial charge in [-0.3, -0.25) is 9.69 Å². The van der Waals surface area contributed by atoms with E-state index in [1.54, 1.807) is 12.3 Å². The van der Waals surface area contributed by atoms with Gasteiger partial charge < -0.3 is 15.0 Å². The van der Waals surface area contributed by atoms with Crippen LogP contribution in [0.1, 0.15) is 24.1 Å². The average molecular weight is 442 g/mol. The Bertz CT molecular complexity index is 1120. The number of hydrogen-bond acceptors (Lipinski definition) is 6. The highest BCUT2D eigenvalue weighted by Gasteiger charge is 2.31. The van der Waals surface area contributed by atoms with Gasteiger partial charge in [0.25, 0.3) is 0 Å². The minimum absolute atomic E-state index is 0.0913. The van der Waals surface area contributed by atoms with Crippen LogP contribution in [0.4, 0.5) is 11.5 Å². The summed E-state index contributed by atoms with van der Waals surface area (Å²) in [6, 6.07) is 22.6. The summed E-state index contributed by atoms with van der Waals surface area (Å²) in [4.78, 5) is 22.3. The van der Waals surface area contributed by atoms with E-state index in [0.717, 1.165) is 11.4 Å². The molecule has 168 valence electrons. The lowest BCUT2D eigenvalue weighted by molar-refractivity contribution is -0.121. The average Bonchev–Trinajstić information content (AvgIpc) is 2.87. The van der Waals surface area contributed by atoms with Crippen molar-refractivity contribution in [1.29, 1.82) is 5.26 Å². The van der Waals surface area contributed by atoms with Crippen molar-refractivity contribution in [1.82, 2.24) is 9.88 Å². The first-order chi connectivity index (χ1) is 16.2. The molecule has 1 atom stereocenters. The summed E-state index contributed by atoms with van der Waals surface area (Å²) >= 11 is 0. The van der Waals surface area contributed by atoms with Gasteiger partial charge in [-0.15, -0.1) is 0 Å². The van der Waals surface area contributed by atoms with Gasteiger partial charge in [-0.25, -0.2) is 4.98 Å². The number of anilines is 2. The number of carbonyl (C=O) groups is 1. The van der Waals surface area contributed by atoms with Crippen LogP contribution in [0.25, 0.3) is 0 Å². The monoisotopic (exact) mass is 441 g/mol. The summed E-state index contributed by atoms with van der Waals surface area (Å²) in [6.45, 7) is 5.27. The third-order valence-electron chi connectivity index (χ3n) is 5.69. The summed E-state index contributed by atoms with van der Waals surface area (Å²) in [5, 5.41) is 12.3. The summed E-state index contributed by atoms with van der Waals surface area (Å²) in [7, 11) is 0. The number of aromatic nitrogens is 1. The minimum Gasteiger partial charge on any atom is -0.492 e. The molecule has 0 bridgehead atoms. The van der Waals surface area contributed by atoms with Crippen LogP contribution in [0.2, 0.25) is 0 Å². The number of nitrogens with one attached hydrogen (secondary N) is 1. The molecule has 1 fully saturated rings. The van der Waals surface area contributed by atoms with Crippen LogP contribution in [-0.2, 0) is 4.79 Å². The normalized spacial score (nSPS) is 14.8. The molecule has 1 aliphatic heterocycles. The van der Waals surface area contributed by atoms with E-state index in [4.69, 9.17) is 4.74 Å². The number of nitriles is 1. The number of benzene rings is 2. The molecule has 0 aliphatic carbocycles. The SMILES string of the molecule is CCOc1ccccc1NC(=O)C(c1ccccc1)N1CCN(c2cc(C#N)ccn2)CC1. The largest absolute Gasteiger partial charge is 0.492 e. The lowest BCUT2D eigenvalue weighted by atomic mass is 10.0. The zero-order valence-electron chi connectivity index (χ0n) is 18.6. The molecular weight excluding hydrogens is 414 g/mol. The van der Waals surface area contributed by atoms with Gasteiger partial charge in [0.05, 0.1) is 23.9 Å². The third-order valence-corrected chi connectivity index (χ3v) is 5.69. The number of para-hydroxylation sites is 2. The molecule has 7 nitrogen and oxygen atoms in total. The second-order valence-corrected chi connectivity index (χ2v) is 7.77. The van der Waals surface area contributed by atoms with Crippen molar-refractivity contribution in [3.05, 3.63) is 84.1 Å². The Labute approximate surface area is 194 Å². The van der Waals surface area contributed by atoms with Gasteiger partial charge in [-0.05, 0) is 36.8 Å². The molecule has 7 heteroatoms. The highest BCUT2D eigenvalue weighted by atomic mass is 16.5. The minimum atomic E-state index is -0.429. The Morgan fingerprint density at radius 2 is 1.82 bits per heavy atom. The fourth-order valence-electron chi connectivity index (χ4n) is 4.09. The first-order valence-corrected chi connectivity index (χ1v) is 11.1. The molecule has 1 aliphatic rings. The van der Waals surface area contributed by atoms with Crippen molar-refractivity contribution < 1.29 is 9.53 Å². The van der Waals surface area contributed by atoms with E-state index in [1.807, 2.05) is 67.6 Å². The molecule has 0 saturated carbocycles. The molecule has 0 radical (unpaired) electrons. The van der Waals surface area contributed by atoms with Crippen molar-refractivity contribution in [2.24, 2.45) is 0 Å². The predicted molar refractivity (Wildman–Crippen MR) is 128 cm³/mol. The zero-order chi connectivity index (χ0) is 23.0. The molecule has 0 spiro atoms. The van der Waals surface area contributed by atoms with Gasteiger partial charge in [-0.2, -0.15) is 5.26 Å². The molecule has 4 rings (SSSR count). The second kappa shape index (κ2) is 10.6. The maximum absolute atomic E-state index is 13.5. The fourth-order valence-corrected chi connectivity index (χ4v) is 4.09. The number of ether oxygens (including phenoxy) is 1. The third kappa shape index (κ3) is 5.30. The number of amides is 1. The molecule has 3 aromatic rings. The number of rotatable bonds is 7. The standard InChI is InChI=1S/C26H27N5O2/c1-2-33-23-11-7-6-10-22(23)29-26(32)25(21-8-4-3-5-9-21)31-16-14-30(15-17-31)24-18-20(19-27)12-13-28-24/h3-13,18,25H,2,14-17H2,1H3,(H,29,32). The Hall–Kier alpha value is -3.89. The first kappa shape index (κ1) is 22.3. The number of pyridine rings is 1. The summed E-state index contributed by atoms with van der Waals surface area (Å²) in [5.74, 6) is 1.36. The van der Waals surface area contributed by atoms with E-state index in [9.17, 15) is 10.1 Å². The second-order valence-electron chi connectivity index (χ2n) is 7.77. The summed E-state index contributed by atoms with van der Waals surface area (Å²) in [5.41, 5.74) is 2.21. The Morgan fingerprint density at radius 3 is 2.55 bits per heavy atom. The Morgan fingerprint density at radius 1 is 1.09 bits per heavy atom. The summed E-state index contributed by atoms with van der Waals surface area (Å²) < 4.78 is 5.69. The van der Waals surface area contributed by atoms with E-state index in [2.05, 4.69) is 26.2 Å². The van der Waals surface area contributed by atoms with Crippen molar-refractivity contribution >= 4 is 17.4 Å². The summed E-state index contributed by atoms with van der Waals surface area (Å²) in [6.07, 6.45) is 1.66. The van der Waals surface area contributed by atoms with E-state index in [-0.39, 0.29) is 5.91 Å². The highest BCUT2D eigenvalue weighted by molar-refractivity contribution is 5.96. The predicted octanol–water partition coefficient (Wildman–Crippen LogP) is 3.85. The van der Waals surface area contributed by atoms with Crippen molar-refractivity contribution in [2.75, 3.05) is 43.0 Å². The fraction of sp³-hybridized carbons (Fsp3) is 0.269. The molecule has 1 aromatic heterocycles. The number of nitrogens with zero attached hydrogens (tertiary/aromatic N) is 4. The highest BCUT2D eigenvalue weighted by Crippen LogP contribution is 2.29. The maximum Gasteiger partial charge on any atom is 0.246 e. The first-order valence-electron chi connectivity index (χ1n) is 11.1. The van der Waals surface area contributed by atoms with Gasteiger partial charge in [0.15, 0.2) is 0 Å². The lowest BCUT2D eigenvalue weighted by Gasteiger charge is -2.39. The van der Waals surface area contributed by atoms with Crippen LogP contribution < -0.4 is 15.0 Å². The quantitative estimate of drug-likeness (QED) is 0.600. The molecule has 1 N–H and O–H groups in total. The van der Waals surface area contributed by atoms with E-state index in [1.165, 1.54) is 0 Å². The molecule has 1 unspecified atom stereocenters. The molecule has 1 saturated heterocycles. The van der Waals surface area contributed by atoms with Crippen LogP contribution in [0, 0.1) is 11.3 Å². The number of carbonyl (C=O) groups excluding carboxylic acids is 1. The lowest BCUT2D eigenvalue weighted by Crippen LogP contribution is -2.50. The number of hydrogen-bond donors (Lipinski definition) is 1. The van der Waals surface area contributed by atoms with Gasteiger partial charge in [-0.1, -0.05) is 42.5 Å². The molecular formula is C26H27N5O2. The maximum atomic E-state index is 13.5. The zero-order valence-corrected chi connectivity index (χ0v) is 18.6. The van der Waals surface area contributed by atoms with Crippen LogP contribution in [0.3, 0.4) is 0 Å². The van der Waals surface area contributed by atoms with Gasteiger partial charge in [0, 0.05) is 32.4 Å². The van der Waals surface area contributed by atoms with Gasteiger partial charge in [0.2, 0.25) is 5.91 Å². The van der Waals surface area contributed by atoms with Gasteiger partial charge in [0.1, 0.15) is 17.6 Å². The van der Waals surface area contributed by atoms with Crippen LogP contribution >= 0.6 is 0 Å². The Balaban J connectivity index is 1.53. The topological polar surface area (TPSA) is 81.5 Å². The molecule has 1 amide bonds.